The van der Waals surface area contributed by atoms with Gasteiger partial charge in [0.25, 0.3) is 0 Å². The minimum atomic E-state index is -4.85. The Morgan fingerprint density at radius 3 is 2.23 bits per heavy atom. The lowest BCUT2D eigenvalue weighted by Gasteiger charge is -2.34. The molecule has 1 atom stereocenters. The van der Waals surface area contributed by atoms with Crippen LogP contribution in [0.3, 0.4) is 0 Å². The van der Waals surface area contributed by atoms with Crippen LogP contribution in [0, 0.1) is 0 Å². The first-order valence-corrected chi connectivity index (χ1v) is 8.93. The van der Waals surface area contributed by atoms with Crippen molar-refractivity contribution in [3.63, 3.8) is 0 Å². The molecule has 1 fully saturated rings. The highest BCUT2D eigenvalue weighted by Gasteiger charge is 2.44. The van der Waals surface area contributed by atoms with Gasteiger partial charge in [-0.3, -0.25) is 4.79 Å². The van der Waals surface area contributed by atoms with Gasteiger partial charge in [-0.1, -0.05) is 0 Å². The first kappa shape index (κ1) is 20.2. The molecule has 0 spiro atoms. The molecule has 0 saturated carbocycles. The molecule has 2 heterocycles. The third-order valence-corrected chi connectivity index (χ3v) is 5.08. The molecule has 1 unspecified atom stereocenters. The fourth-order valence-electron chi connectivity index (χ4n) is 2.94. The van der Waals surface area contributed by atoms with E-state index < -0.39 is 45.9 Å². The molecule has 2 rings (SSSR count). The number of rotatable bonds is 4. The smallest absolute Gasteiger partial charge is 0.412 e. The van der Waals surface area contributed by atoms with E-state index in [2.05, 4.69) is 0 Å². The zero-order chi connectivity index (χ0) is 19.9. The molecule has 5 N–H and O–H groups in total. The van der Waals surface area contributed by atoms with Crippen LogP contribution in [0.25, 0.3) is 0 Å². The first-order valence-electron chi connectivity index (χ1n) is 7.43. The second-order valence-corrected chi connectivity index (χ2v) is 7.31. The number of carbonyl (C=O) groups excluding carboxylic acids is 1. The number of nitrogens with two attached hydrogens (primary N) is 2. The van der Waals surface area contributed by atoms with Gasteiger partial charge in [0, 0.05) is 19.3 Å². The molecule has 1 saturated heterocycles. The van der Waals surface area contributed by atoms with Crippen LogP contribution in [0.15, 0.2) is 12.3 Å². The predicted molar refractivity (Wildman–Crippen MR) is 82.5 cm³/mol. The van der Waals surface area contributed by atoms with Crippen molar-refractivity contribution in [2.24, 2.45) is 10.9 Å². The maximum Gasteiger partial charge on any atom is 0.412 e. The Kier molecular flexibility index (Phi) is 5.35. The van der Waals surface area contributed by atoms with E-state index in [0.29, 0.717) is 3.97 Å². The van der Waals surface area contributed by atoms with Crippen LogP contribution >= 0.6 is 0 Å². The van der Waals surface area contributed by atoms with E-state index >= 15 is 0 Å². The van der Waals surface area contributed by atoms with Gasteiger partial charge in [-0.25, -0.2) is 13.9 Å². The number of hydrogen-bond donors (Lipinski definition) is 3. The summed E-state index contributed by atoms with van der Waals surface area (Å²) in [5.41, 5.74) is 4.58. The van der Waals surface area contributed by atoms with Crippen molar-refractivity contribution in [1.29, 1.82) is 0 Å². The molecule has 0 aliphatic carbocycles. The normalized spacial score (nSPS) is 18.0. The number of likely N-dealkylation sites (tertiary alicyclic amines) is 1. The molecule has 1 aromatic heterocycles. The minimum Gasteiger partial charge on any atom is -0.477 e. The van der Waals surface area contributed by atoms with E-state index in [1.165, 1.54) is 6.07 Å². The van der Waals surface area contributed by atoms with E-state index in [9.17, 15) is 36.3 Å². The molecule has 0 aromatic carbocycles. The van der Waals surface area contributed by atoms with Crippen molar-refractivity contribution in [2.75, 3.05) is 13.1 Å². The van der Waals surface area contributed by atoms with Crippen LogP contribution in [-0.2, 0) is 15.0 Å². The summed E-state index contributed by atoms with van der Waals surface area (Å²) in [6, 6.07) is -1.32. The summed E-state index contributed by atoms with van der Waals surface area (Å²) < 4.78 is 61.0. The molecular formula is C13H17F3N4O5S. The number of aromatic nitrogens is 1. The molecule has 13 heteroatoms. The van der Waals surface area contributed by atoms with Gasteiger partial charge in [0.05, 0.1) is 0 Å². The van der Waals surface area contributed by atoms with Gasteiger partial charge in [0.1, 0.15) is 5.69 Å². The Labute approximate surface area is 146 Å². The Morgan fingerprint density at radius 1 is 1.27 bits per heavy atom. The molecule has 1 aliphatic heterocycles. The zero-order valence-corrected chi connectivity index (χ0v) is 14.1. The quantitative estimate of drug-likeness (QED) is 0.641. The topological polar surface area (TPSA) is 149 Å². The van der Waals surface area contributed by atoms with Crippen LogP contribution in [-0.4, -0.2) is 59.6 Å². The number of carboxylic acid groups (broad SMARTS) is 1. The standard InChI is InChI=1S/C13H17F3N4O5S/c14-13(15,16)10(17)11(21)19-4-1-7(2-5-19)8-3-6-20(26(18,24)25)9(8)12(22)23/h3,6-7,10H,1-2,4-5,17H2,(H,22,23)(H2,18,24,25). The number of nitrogens with zero attached hydrogens (tertiary/aromatic N) is 2. The average molecular weight is 398 g/mol. The van der Waals surface area contributed by atoms with Gasteiger partial charge in [-0.15, -0.1) is 0 Å². The molecule has 26 heavy (non-hydrogen) atoms. The number of piperidine rings is 1. The fraction of sp³-hybridized carbons (Fsp3) is 0.538. The van der Waals surface area contributed by atoms with Crippen molar-refractivity contribution in [3.8, 4) is 0 Å². The van der Waals surface area contributed by atoms with Gasteiger partial charge >= 0.3 is 22.4 Å². The summed E-state index contributed by atoms with van der Waals surface area (Å²) in [5.74, 6) is -3.21. The summed E-state index contributed by atoms with van der Waals surface area (Å²) in [6.07, 6.45) is -3.53. The summed E-state index contributed by atoms with van der Waals surface area (Å²) in [4.78, 5) is 24.2. The highest BCUT2D eigenvalue weighted by Crippen LogP contribution is 2.32. The Bertz CT molecular complexity index is 812. The average Bonchev–Trinajstić information content (AvgIpc) is 2.98. The number of carbonyl (C=O) groups is 2. The molecular weight excluding hydrogens is 381 g/mol. The Morgan fingerprint density at radius 2 is 1.81 bits per heavy atom. The highest BCUT2D eigenvalue weighted by atomic mass is 32.2. The number of amides is 1. The zero-order valence-electron chi connectivity index (χ0n) is 13.3. The van der Waals surface area contributed by atoms with Gasteiger partial charge in [0.15, 0.2) is 6.04 Å². The molecule has 1 amide bonds. The lowest BCUT2D eigenvalue weighted by atomic mass is 9.89. The molecule has 1 aromatic rings. The summed E-state index contributed by atoms with van der Waals surface area (Å²) in [6.45, 7) is -0.125. The van der Waals surface area contributed by atoms with Gasteiger partial charge in [-0.2, -0.15) is 21.6 Å². The maximum atomic E-state index is 12.5. The van der Waals surface area contributed by atoms with E-state index in [1.807, 2.05) is 0 Å². The molecule has 9 nitrogen and oxygen atoms in total. The van der Waals surface area contributed by atoms with Crippen LogP contribution in [0.2, 0.25) is 0 Å². The Balaban J connectivity index is 2.18. The van der Waals surface area contributed by atoms with E-state index in [-0.39, 0.29) is 31.5 Å². The van der Waals surface area contributed by atoms with Crippen molar-refractivity contribution in [2.45, 2.75) is 31.0 Å². The predicted octanol–water partition coefficient (Wildman–Crippen LogP) is -0.167. The number of carboxylic acids is 1. The largest absolute Gasteiger partial charge is 0.477 e. The monoisotopic (exact) mass is 398 g/mol. The summed E-state index contributed by atoms with van der Waals surface area (Å²) >= 11 is 0. The number of hydrogen-bond acceptors (Lipinski definition) is 5. The van der Waals surface area contributed by atoms with Crippen LogP contribution in [0.5, 0.6) is 0 Å². The van der Waals surface area contributed by atoms with Gasteiger partial charge < -0.3 is 15.7 Å². The maximum absolute atomic E-state index is 12.5. The van der Waals surface area contributed by atoms with Crippen LogP contribution < -0.4 is 10.9 Å². The van der Waals surface area contributed by atoms with Crippen molar-refractivity contribution in [1.82, 2.24) is 8.87 Å². The summed E-state index contributed by atoms with van der Waals surface area (Å²) in [5, 5.41) is 14.3. The SMILES string of the molecule is NC(C(=O)N1CCC(c2ccn(S(N)(=O)=O)c2C(=O)O)CC1)C(F)(F)F. The lowest BCUT2D eigenvalue weighted by Crippen LogP contribution is -2.53. The minimum absolute atomic E-state index is 0.0626. The Hall–Kier alpha value is -2.12. The van der Waals surface area contributed by atoms with Gasteiger partial charge in [-0.05, 0) is 30.4 Å². The summed E-state index contributed by atoms with van der Waals surface area (Å²) in [7, 11) is -4.32. The third-order valence-electron chi connectivity index (χ3n) is 4.23. The number of alkyl halides is 3. The fourth-order valence-corrected chi connectivity index (χ4v) is 3.60. The number of aromatic carboxylic acids is 1. The van der Waals surface area contributed by atoms with Gasteiger partial charge in [0.2, 0.25) is 5.91 Å². The molecule has 146 valence electrons. The molecule has 1 aliphatic rings. The van der Waals surface area contributed by atoms with Crippen molar-refractivity contribution >= 4 is 22.1 Å². The van der Waals surface area contributed by atoms with E-state index in [0.717, 1.165) is 11.1 Å². The van der Waals surface area contributed by atoms with E-state index in [4.69, 9.17) is 10.9 Å². The first-order chi connectivity index (χ1) is 11.8. The lowest BCUT2D eigenvalue weighted by molar-refractivity contribution is -0.170. The van der Waals surface area contributed by atoms with E-state index in [1.54, 1.807) is 0 Å². The van der Waals surface area contributed by atoms with Crippen molar-refractivity contribution in [3.05, 3.63) is 23.5 Å². The van der Waals surface area contributed by atoms with Crippen molar-refractivity contribution < 1.29 is 36.3 Å². The second kappa shape index (κ2) is 6.89. The molecule has 0 bridgehead atoms. The number of halogens is 3. The second-order valence-electron chi connectivity index (χ2n) is 5.88. The van der Waals surface area contributed by atoms with Crippen LogP contribution in [0.1, 0.15) is 34.8 Å². The highest BCUT2D eigenvalue weighted by molar-refractivity contribution is 7.87. The third kappa shape index (κ3) is 3.99. The molecule has 0 radical (unpaired) electrons. The van der Waals surface area contributed by atoms with Crippen LogP contribution in [0.4, 0.5) is 13.2 Å².